The molecule has 2 aliphatic heterocycles. The molecule has 5 saturated carbocycles. The third-order valence-electron chi connectivity index (χ3n) is 8.96. The molecule has 3 aromatic rings. The molecule has 6 atom stereocenters. The Morgan fingerprint density at radius 3 is 1.77 bits per heavy atom. The maximum Gasteiger partial charge on any atom is 0.352 e. The van der Waals surface area contributed by atoms with E-state index >= 15 is 0 Å². The average Bonchev–Trinajstić information content (AvgIpc) is 3.65. The summed E-state index contributed by atoms with van der Waals surface area (Å²) in [7, 11) is 0. The maximum absolute atomic E-state index is 13.4. The van der Waals surface area contributed by atoms with Gasteiger partial charge in [-0.3, -0.25) is 0 Å². The molecule has 0 radical (unpaired) electrons. The monoisotopic (exact) mass is 399 g/mol. The molecule has 6 nitrogen and oxygen atoms in total. The average molecular weight is 399 g/mol. The molecule has 3 heterocycles. The minimum absolute atomic E-state index is 0.0517. The van der Waals surface area contributed by atoms with Crippen LogP contribution in [-0.2, 0) is 5.60 Å². The summed E-state index contributed by atoms with van der Waals surface area (Å²) in [6.07, 6.45) is 0. The number of aryl methyl sites for hydroxylation is 1. The Hall–Kier alpha value is -2.86. The van der Waals surface area contributed by atoms with Crippen LogP contribution < -0.4 is 11.4 Å². The van der Waals surface area contributed by atoms with Crippen LogP contribution >= 0.6 is 0 Å². The van der Waals surface area contributed by atoms with Gasteiger partial charge in [0, 0.05) is 11.8 Å². The molecule has 2 aromatic carbocycles. The lowest BCUT2D eigenvalue weighted by atomic mass is 9.75. The van der Waals surface area contributed by atoms with Crippen molar-refractivity contribution in [1.82, 2.24) is 13.9 Å². The quantitative estimate of drug-likeness (QED) is 0.715. The van der Waals surface area contributed by atoms with Crippen LogP contribution in [0.5, 0.6) is 0 Å². The van der Waals surface area contributed by atoms with E-state index in [9.17, 15) is 14.7 Å². The van der Waals surface area contributed by atoms with Crippen LogP contribution in [0.15, 0.2) is 64.2 Å². The summed E-state index contributed by atoms with van der Waals surface area (Å²) < 4.78 is 4.85. The third-order valence-corrected chi connectivity index (χ3v) is 8.96. The molecule has 30 heavy (non-hydrogen) atoms. The number of aliphatic hydroxyl groups is 1. The second-order valence-electron chi connectivity index (χ2n) is 9.96. The molecule has 0 saturated heterocycles. The van der Waals surface area contributed by atoms with E-state index in [0.29, 0.717) is 29.4 Å². The van der Waals surface area contributed by atoms with E-state index in [1.54, 1.807) is 9.36 Å². The van der Waals surface area contributed by atoms with E-state index in [-0.39, 0.29) is 35.3 Å². The summed E-state index contributed by atoms with van der Waals surface area (Å²) in [5, 5.41) is 11.9. The molecule has 0 amide bonds. The minimum atomic E-state index is -0.808. The van der Waals surface area contributed by atoms with Crippen molar-refractivity contribution in [2.75, 3.05) is 0 Å². The van der Waals surface area contributed by atoms with E-state index in [4.69, 9.17) is 0 Å². The third kappa shape index (κ3) is 1.43. The van der Waals surface area contributed by atoms with E-state index in [1.807, 2.05) is 30.3 Å². The van der Waals surface area contributed by atoms with Gasteiger partial charge < -0.3 is 5.11 Å². The van der Waals surface area contributed by atoms with Crippen molar-refractivity contribution < 1.29 is 5.11 Å². The molecule has 0 spiro atoms. The number of rotatable bonds is 2. The number of aromatic nitrogens is 3. The van der Waals surface area contributed by atoms with E-state index in [0.717, 1.165) is 5.56 Å². The van der Waals surface area contributed by atoms with Gasteiger partial charge in [0.05, 0.1) is 23.4 Å². The van der Waals surface area contributed by atoms with Crippen LogP contribution in [0.4, 0.5) is 0 Å². The Bertz CT molecular complexity index is 1290. The van der Waals surface area contributed by atoms with Gasteiger partial charge in [-0.2, -0.15) is 0 Å². The highest BCUT2D eigenvalue weighted by molar-refractivity contribution is 5.44. The van der Waals surface area contributed by atoms with Gasteiger partial charge >= 0.3 is 11.4 Å². The molecule has 5 aliphatic carbocycles. The van der Waals surface area contributed by atoms with Gasteiger partial charge in [-0.25, -0.2) is 23.5 Å². The Labute approximate surface area is 172 Å². The topological polar surface area (TPSA) is 69.2 Å². The molecule has 1 aromatic heterocycles. The second-order valence-corrected chi connectivity index (χ2v) is 9.96. The van der Waals surface area contributed by atoms with Crippen LogP contribution in [0.25, 0.3) is 5.69 Å². The van der Waals surface area contributed by atoms with Crippen molar-refractivity contribution in [3.05, 3.63) is 86.7 Å². The first-order chi connectivity index (χ1) is 14.5. The molecule has 5 fully saturated rings. The Kier molecular flexibility index (Phi) is 2.42. The largest absolute Gasteiger partial charge is 0.385 e. The first kappa shape index (κ1) is 15.9. The number of benzene rings is 2. The maximum atomic E-state index is 13.4. The van der Waals surface area contributed by atoms with Crippen molar-refractivity contribution >= 4 is 0 Å². The van der Waals surface area contributed by atoms with Gasteiger partial charge in [0.15, 0.2) is 0 Å². The molecule has 7 aliphatic rings. The van der Waals surface area contributed by atoms with Gasteiger partial charge in [0.25, 0.3) is 0 Å². The lowest BCUT2D eigenvalue weighted by molar-refractivity contribution is -0.0498. The molecular formula is C24H21N3O3. The van der Waals surface area contributed by atoms with Crippen LogP contribution in [-0.4, -0.2) is 19.0 Å². The molecule has 8 bridgehead atoms. The van der Waals surface area contributed by atoms with Crippen molar-refractivity contribution in [1.29, 1.82) is 0 Å². The van der Waals surface area contributed by atoms with Gasteiger partial charge in [0.1, 0.15) is 0 Å². The zero-order chi connectivity index (χ0) is 20.1. The second kappa shape index (κ2) is 4.57. The van der Waals surface area contributed by atoms with Gasteiger partial charge in [-0.1, -0.05) is 48.0 Å². The highest BCUT2D eigenvalue weighted by Gasteiger charge is 2.90. The summed E-state index contributed by atoms with van der Waals surface area (Å²) in [5.41, 5.74) is 1.57. The molecule has 6 heteroatoms. The lowest BCUT2D eigenvalue weighted by Crippen LogP contribution is -2.45. The van der Waals surface area contributed by atoms with Crippen molar-refractivity contribution in [3.63, 3.8) is 0 Å². The summed E-state index contributed by atoms with van der Waals surface area (Å²) in [4.78, 5) is 26.8. The minimum Gasteiger partial charge on any atom is -0.385 e. The summed E-state index contributed by atoms with van der Waals surface area (Å²) >= 11 is 0. The predicted octanol–water partition coefficient (Wildman–Crippen LogP) is 1.84. The number of hydrogen-bond acceptors (Lipinski definition) is 3. The Balaban J connectivity index is 1.30. The number of nitrogens with zero attached hydrogens (tertiary/aromatic N) is 3. The zero-order valence-electron chi connectivity index (χ0n) is 16.4. The highest BCUT2D eigenvalue weighted by Crippen LogP contribution is 2.89. The lowest BCUT2D eigenvalue weighted by Gasteiger charge is -2.36. The molecule has 150 valence electrons. The highest BCUT2D eigenvalue weighted by atomic mass is 16.3. The smallest absolute Gasteiger partial charge is 0.352 e. The van der Waals surface area contributed by atoms with E-state index in [2.05, 4.69) is 31.2 Å². The van der Waals surface area contributed by atoms with Gasteiger partial charge in [-0.05, 0) is 48.3 Å². The van der Waals surface area contributed by atoms with Crippen molar-refractivity contribution in [2.45, 2.75) is 24.6 Å². The van der Waals surface area contributed by atoms with Crippen molar-refractivity contribution in [3.8, 4) is 5.69 Å². The number of hydrogen-bond donors (Lipinski definition) is 1. The normalized spacial score (nSPS) is 42.7. The fourth-order valence-electron chi connectivity index (χ4n) is 8.06. The predicted molar refractivity (Wildman–Crippen MR) is 108 cm³/mol. The first-order valence-electron chi connectivity index (χ1n) is 10.9. The van der Waals surface area contributed by atoms with Crippen LogP contribution in [0.1, 0.15) is 23.2 Å². The summed E-state index contributed by atoms with van der Waals surface area (Å²) in [6.45, 7) is 2.06. The fourth-order valence-corrected chi connectivity index (χ4v) is 8.06. The van der Waals surface area contributed by atoms with Gasteiger partial charge in [-0.15, -0.1) is 0 Å². The summed E-state index contributed by atoms with van der Waals surface area (Å²) in [6, 6.07) is 17.6. The molecule has 1 N–H and O–H groups in total. The van der Waals surface area contributed by atoms with Crippen molar-refractivity contribution in [2.24, 2.45) is 35.5 Å². The Morgan fingerprint density at radius 2 is 1.27 bits per heavy atom. The Morgan fingerprint density at radius 1 is 0.767 bits per heavy atom. The fraction of sp³-hybridized carbons (Fsp3) is 0.417. The van der Waals surface area contributed by atoms with Crippen LogP contribution in [0.3, 0.4) is 0 Å². The molecular weight excluding hydrogens is 378 g/mol. The molecule has 10 rings (SSSR count). The first-order valence-corrected chi connectivity index (χ1v) is 10.9. The van der Waals surface area contributed by atoms with Gasteiger partial charge in [0.2, 0.25) is 0 Å². The standard InChI is InChI=1S/C24H21N3O3/c1-11-7-9-12(10-8-11)24(30)18-14-15(18)21-17-16(19(17)24)20(14)26-22(28)25(23(29)27(21)26)13-5-3-2-4-6-13/h2-10,14-21,30H,1H3/t14-,15?,16-,17?,18?,19?,20?,21?,24?/m0/s1. The van der Waals surface area contributed by atoms with Crippen LogP contribution in [0, 0.1) is 42.4 Å². The number of para-hydroxylation sites is 1. The van der Waals surface area contributed by atoms with Crippen LogP contribution in [0.2, 0.25) is 0 Å². The SMILES string of the molecule is Cc1ccc(C2(O)C3C4C5C6C2[C@H]6C([C@@H]43)n2c(=O)n(-c3ccccc3)c(=O)n25)cc1. The van der Waals surface area contributed by atoms with E-state index in [1.165, 1.54) is 10.1 Å². The van der Waals surface area contributed by atoms with E-state index < -0.39 is 5.60 Å². The summed E-state index contributed by atoms with van der Waals surface area (Å²) in [5.74, 6) is 1.48. The zero-order valence-corrected chi connectivity index (χ0v) is 16.4. The molecule has 4 unspecified atom stereocenters.